The number of sulfonamides is 1. The van der Waals surface area contributed by atoms with Crippen LogP contribution in [0, 0.1) is 13.8 Å². The van der Waals surface area contributed by atoms with Crippen LogP contribution in [0.4, 0.5) is 5.69 Å². The van der Waals surface area contributed by atoms with Gasteiger partial charge < -0.3 is 0 Å². The summed E-state index contributed by atoms with van der Waals surface area (Å²) >= 11 is 0. The molecule has 1 aliphatic carbocycles. The largest absolute Gasteiger partial charge is 0.280 e. The van der Waals surface area contributed by atoms with Gasteiger partial charge in [-0.15, -0.1) is 0 Å². The van der Waals surface area contributed by atoms with Crippen LogP contribution in [0.2, 0.25) is 0 Å². The fraction of sp³-hybridized carbons (Fsp3) is 0.333. The molecule has 6 nitrogen and oxygen atoms in total. The van der Waals surface area contributed by atoms with Gasteiger partial charge in [-0.3, -0.25) is 9.52 Å². The van der Waals surface area contributed by atoms with E-state index < -0.39 is 10.0 Å². The number of rotatable bonds is 5. The summed E-state index contributed by atoms with van der Waals surface area (Å²) in [5, 5.41) is 6.89. The number of nitrogens with zero attached hydrogens (tertiary/aromatic N) is 1. The van der Waals surface area contributed by atoms with Crippen LogP contribution in [0.15, 0.2) is 46.1 Å². The molecule has 4 rings (SSSR count). The minimum Gasteiger partial charge on any atom is -0.280 e. The summed E-state index contributed by atoms with van der Waals surface area (Å²) in [5.74, 6) is 0. The average molecular weight is 438 g/mol. The summed E-state index contributed by atoms with van der Waals surface area (Å²) < 4.78 is 29.4. The van der Waals surface area contributed by atoms with Crippen molar-refractivity contribution in [3.05, 3.63) is 74.6 Å². The van der Waals surface area contributed by atoms with Gasteiger partial charge in [0.2, 0.25) is 0 Å². The van der Waals surface area contributed by atoms with Crippen molar-refractivity contribution >= 4 is 15.7 Å². The Bertz CT molecular complexity index is 1310. The highest BCUT2D eigenvalue weighted by molar-refractivity contribution is 7.92. The number of aromatic nitrogens is 2. The molecule has 0 saturated heterocycles. The summed E-state index contributed by atoms with van der Waals surface area (Å²) in [6.45, 7) is 5.88. The maximum Gasteiger partial charge on any atom is 0.267 e. The molecule has 0 atom stereocenters. The fourth-order valence-electron chi connectivity index (χ4n) is 4.16. The molecule has 1 heterocycles. The predicted octanol–water partition coefficient (Wildman–Crippen LogP) is 4.30. The lowest BCUT2D eigenvalue weighted by Gasteiger charge is -2.18. The minimum absolute atomic E-state index is 0.145. The third-order valence-corrected chi connectivity index (χ3v) is 7.53. The third kappa shape index (κ3) is 4.14. The predicted molar refractivity (Wildman–Crippen MR) is 123 cm³/mol. The van der Waals surface area contributed by atoms with Gasteiger partial charge in [0, 0.05) is 16.8 Å². The first-order valence-electron chi connectivity index (χ1n) is 10.6. The molecule has 162 valence electrons. The van der Waals surface area contributed by atoms with E-state index in [4.69, 9.17) is 0 Å². The van der Waals surface area contributed by atoms with Crippen LogP contribution in [-0.2, 0) is 29.3 Å². The van der Waals surface area contributed by atoms with E-state index in [2.05, 4.69) is 14.9 Å². The van der Waals surface area contributed by atoms with Crippen molar-refractivity contribution in [3.63, 3.8) is 0 Å². The highest BCUT2D eigenvalue weighted by Crippen LogP contribution is 2.31. The molecule has 0 radical (unpaired) electrons. The van der Waals surface area contributed by atoms with Crippen LogP contribution in [0.25, 0.3) is 11.3 Å². The van der Waals surface area contributed by atoms with E-state index in [1.807, 2.05) is 45.0 Å². The van der Waals surface area contributed by atoms with Gasteiger partial charge in [0.1, 0.15) is 0 Å². The highest BCUT2D eigenvalue weighted by atomic mass is 32.2. The molecule has 1 aromatic heterocycles. The number of H-pyrrole nitrogens is 1. The van der Waals surface area contributed by atoms with Crippen molar-refractivity contribution in [2.24, 2.45) is 0 Å². The second-order valence-electron chi connectivity index (χ2n) is 8.15. The Labute approximate surface area is 182 Å². The van der Waals surface area contributed by atoms with Crippen LogP contribution in [0.5, 0.6) is 0 Å². The van der Waals surface area contributed by atoms with Gasteiger partial charge in [-0.1, -0.05) is 25.1 Å². The lowest BCUT2D eigenvalue weighted by molar-refractivity contribution is 0.600. The van der Waals surface area contributed by atoms with E-state index in [0.717, 1.165) is 53.5 Å². The van der Waals surface area contributed by atoms with Crippen molar-refractivity contribution in [2.75, 3.05) is 4.72 Å². The van der Waals surface area contributed by atoms with E-state index in [9.17, 15) is 13.2 Å². The van der Waals surface area contributed by atoms with Crippen molar-refractivity contribution < 1.29 is 8.42 Å². The summed E-state index contributed by atoms with van der Waals surface area (Å²) in [4.78, 5) is 12.4. The van der Waals surface area contributed by atoms with Crippen molar-refractivity contribution in [1.29, 1.82) is 0 Å². The maximum atomic E-state index is 13.3. The fourth-order valence-corrected chi connectivity index (χ4v) is 5.54. The summed E-state index contributed by atoms with van der Waals surface area (Å²) in [7, 11) is -3.80. The normalized spacial score (nSPS) is 13.6. The first-order chi connectivity index (χ1) is 14.8. The molecule has 0 fully saturated rings. The molecular formula is C24H27N3O3S. The molecule has 1 aliphatic rings. The average Bonchev–Trinajstić information content (AvgIpc) is 2.76. The van der Waals surface area contributed by atoms with Gasteiger partial charge in [0.25, 0.3) is 15.6 Å². The molecule has 0 bridgehead atoms. The molecule has 7 heteroatoms. The monoisotopic (exact) mass is 437 g/mol. The van der Waals surface area contributed by atoms with E-state index in [1.165, 1.54) is 0 Å². The number of aryl methyl sites for hydroxylation is 3. The number of fused-ring (bicyclic) bond motifs is 1. The summed E-state index contributed by atoms with van der Waals surface area (Å²) in [5.41, 5.74) is 6.33. The summed E-state index contributed by atoms with van der Waals surface area (Å²) in [6.07, 6.45) is 4.07. The van der Waals surface area contributed by atoms with Crippen LogP contribution >= 0.6 is 0 Å². The SMILES string of the molecule is CCc1ccc(-c2n[nH]c(=O)c3c2CCCC3)cc1S(=O)(=O)Nc1ccc(C)c(C)c1. The number of nitrogens with one attached hydrogen (secondary N) is 2. The van der Waals surface area contributed by atoms with Crippen molar-refractivity contribution in [1.82, 2.24) is 10.2 Å². The van der Waals surface area contributed by atoms with E-state index in [1.54, 1.807) is 12.1 Å². The van der Waals surface area contributed by atoms with Crippen LogP contribution < -0.4 is 10.3 Å². The third-order valence-electron chi connectivity index (χ3n) is 6.07. The molecular weight excluding hydrogens is 410 g/mol. The van der Waals surface area contributed by atoms with Crippen molar-refractivity contribution in [2.45, 2.75) is 57.8 Å². The van der Waals surface area contributed by atoms with Gasteiger partial charge in [0.15, 0.2) is 0 Å². The summed E-state index contributed by atoms with van der Waals surface area (Å²) in [6, 6.07) is 10.9. The van der Waals surface area contributed by atoms with E-state index in [0.29, 0.717) is 23.4 Å². The number of aromatic amines is 1. The van der Waals surface area contributed by atoms with Crippen LogP contribution in [0.3, 0.4) is 0 Å². The zero-order valence-electron chi connectivity index (χ0n) is 18.1. The lowest BCUT2D eigenvalue weighted by Crippen LogP contribution is -2.21. The zero-order valence-corrected chi connectivity index (χ0v) is 18.9. The smallest absolute Gasteiger partial charge is 0.267 e. The Morgan fingerprint density at radius 2 is 1.74 bits per heavy atom. The van der Waals surface area contributed by atoms with Gasteiger partial charge in [-0.25, -0.2) is 13.5 Å². The van der Waals surface area contributed by atoms with Gasteiger partial charge in [0.05, 0.1) is 10.6 Å². The molecule has 31 heavy (non-hydrogen) atoms. The first-order valence-corrected chi connectivity index (χ1v) is 12.1. The van der Waals surface area contributed by atoms with E-state index in [-0.39, 0.29) is 10.5 Å². The van der Waals surface area contributed by atoms with Gasteiger partial charge in [-0.2, -0.15) is 5.10 Å². The molecule has 0 spiro atoms. The highest BCUT2D eigenvalue weighted by Gasteiger charge is 2.23. The van der Waals surface area contributed by atoms with Crippen molar-refractivity contribution in [3.8, 4) is 11.3 Å². The molecule has 3 aromatic rings. The number of hydrogen-bond donors (Lipinski definition) is 2. The molecule has 0 aliphatic heterocycles. The minimum atomic E-state index is -3.80. The van der Waals surface area contributed by atoms with Gasteiger partial charge >= 0.3 is 0 Å². The Hall–Kier alpha value is -2.93. The van der Waals surface area contributed by atoms with Crippen LogP contribution in [0.1, 0.15) is 47.6 Å². The Morgan fingerprint density at radius 1 is 1.00 bits per heavy atom. The second kappa shape index (κ2) is 8.30. The molecule has 0 saturated carbocycles. The standard InChI is InChI=1S/C24H27N3O3S/c1-4-17-10-11-18(23-20-7-5-6-8-21(20)24(28)26-25-23)14-22(17)31(29,30)27-19-12-9-15(2)16(3)13-19/h9-14,27H,4-8H2,1-3H3,(H,26,28). The molecule has 0 amide bonds. The zero-order chi connectivity index (χ0) is 22.2. The Kier molecular flexibility index (Phi) is 5.71. The maximum absolute atomic E-state index is 13.3. The number of anilines is 1. The molecule has 0 unspecified atom stereocenters. The second-order valence-corrected chi connectivity index (χ2v) is 9.80. The Balaban J connectivity index is 1.80. The lowest BCUT2D eigenvalue weighted by atomic mass is 9.89. The van der Waals surface area contributed by atoms with Crippen LogP contribution in [-0.4, -0.2) is 18.6 Å². The van der Waals surface area contributed by atoms with Gasteiger partial charge in [-0.05, 0) is 86.4 Å². The molecule has 2 N–H and O–H groups in total. The Morgan fingerprint density at radius 3 is 2.45 bits per heavy atom. The van der Waals surface area contributed by atoms with E-state index >= 15 is 0 Å². The molecule has 2 aromatic carbocycles. The topological polar surface area (TPSA) is 91.9 Å². The first kappa shape index (κ1) is 21.3. The number of hydrogen-bond acceptors (Lipinski definition) is 4. The quantitative estimate of drug-likeness (QED) is 0.623. The number of benzene rings is 2.